The first kappa shape index (κ1) is 21.7. The van der Waals surface area contributed by atoms with Crippen molar-refractivity contribution in [1.29, 1.82) is 0 Å². The van der Waals surface area contributed by atoms with Gasteiger partial charge in [-0.2, -0.15) is 0 Å². The molecule has 3 aromatic carbocycles. The molecule has 0 aliphatic carbocycles. The van der Waals surface area contributed by atoms with E-state index >= 15 is 0 Å². The number of carbonyl (C=O) groups is 1. The van der Waals surface area contributed by atoms with Crippen LogP contribution in [0.1, 0.15) is 11.1 Å². The van der Waals surface area contributed by atoms with Gasteiger partial charge in [-0.3, -0.25) is 9.10 Å². The van der Waals surface area contributed by atoms with Crippen LogP contribution in [0.4, 0.5) is 5.69 Å². The van der Waals surface area contributed by atoms with Gasteiger partial charge in [-0.05, 0) is 48.9 Å². The van der Waals surface area contributed by atoms with Crippen LogP contribution in [0.5, 0.6) is 11.5 Å². The van der Waals surface area contributed by atoms with Gasteiger partial charge in [0.15, 0.2) is 6.10 Å². The normalized spacial score (nSPS) is 15.4. The lowest BCUT2D eigenvalue weighted by Gasteiger charge is -2.34. The molecule has 0 unspecified atom stereocenters. The maximum atomic E-state index is 13.4. The van der Waals surface area contributed by atoms with Crippen LogP contribution in [0.2, 0.25) is 0 Å². The van der Waals surface area contributed by atoms with E-state index in [1.807, 2.05) is 31.2 Å². The van der Waals surface area contributed by atoms with E-state index in [0.29, 0.717) is 23.7 Å². The molecule has 0 aromatic heterocycles. The highest BCUT2D eigenvalue weighted by molar-refractivity contribution is 7.92. The molecule has 1 N–H and O–H groups in total. The third-order valence-electron chi connectivity index (χ3n) is 5.26. The van der Waals surface area contributed by atoms with E-state index in [1.165, 1.54) is 23.5 Å². The highest BCUT2D eigenvalue weighted by atomic mass is 32.2. The molecule has 0 saturated carbocycles. The molecule has 0 fully saturated rings. The summed E-state index contributed by atoms with van der Waals surface area (Å²) in [7, 11) is -2.41. The molecule has 0 bridgehead atoms. The zero-order valence-electron chi connectivity index (χ0n) is 17.8. The third-order valence-corrected chi connectivity index (χ3v) is 7.06. The number of anilines is 1. The van der Waals surface area contributed by atoms with Crippen molar-refractivity contribution in [3.05, 3.63) is 83.9 Å². The number of ether oxygens (including phenoxy) is 2. The molecule has 32 heavy (non-hydrogen) atoms. The van der Waals surface area contributed by atoms with Gasteiger partial charge in [0.2, 0.25) is 0 Å². The molecule has 1 atom stereocenters. The first-order valence-electron chi connectivity index (χ1n) is 10.1. The number of hydrogen-bond donors (Lipinski definition) is 1. The number of amides is 1. The van der Waals surface area contributed by atoms with E-state index in [4.69, 9.17) is 9.47 Å². The summed E-state index contributed by atoms with van der Waals surface area (Å²) >= 11 is 0. The van der Waals surface area contributed by atoms with Gasteiger partial charge >= 0.3 is 0 Å². The predicted octanol–water partition coefficient (Wildman–Crippen LogP) is 3.28. The van der Waals surface area contributed by atoms with Crippen LogP contribution < -0.4 is 19.1 Å². The van der Waals surface area contributed by atoms with E-state index in [1.54, 1.807) is 36.4 Å². The minimum absolute atomic E-state index is 0.105. The Morgan fingerprint density at radius 2 is 1.75 bits per heavy atom. The first-order chi connectivity index (χ1) is 15.4. The molecule has 1 aliphatic heterocycles. The average Bonchev–Trinajstić information content (AvgIpc) is 2.82. The molecule has 0 spiro atoms. The molecule has 4 rings (SSSR count). The fourth-order valence-corrected chi connectivity index (χ4v) is 4.93. The number of fused-ring (bicyclic) bond motifs is 1. The highest BCUT2D eigenvalue weighted by Crippen LogP contribution is 2.37. The molecule has 0 radical (unpaired) electrons. The van der Waals surface area contributed by atoms with Gasteiger partial charge in [0.05, 0.1) is 24.2 Å². The van der Waals surface area contributed by atoms with Crippen LogP contribution in [-0.4, -0.2) is 34.1 Å². The molecule has 0 saturated heterocycles. The molecule has 3 aromatic rings. The van der Waals surface area contributed by atoms with Crippen molar-refractivity contribution in [1.82, 2.24) is 5.32 Å². The van der Waals surface area contributed by atoms with Gasteiger partial charge < -0.3 is 14.8 Å². The topological polar surface area (TPSA) is 84.9 Å². The van der Waals surface area contributed by atoms with Crippen molar-refractivity contribution >= 4 is 21.6 Å². The van der Waals surface area contributed by atoms with Gasteiger partial charge in [-0.1, -0.05) is 42.0 Å². The van der Waals surface area contributed by atoms with Gasteiger partial charge in [0, 0.05) is 6.54 Å². The predicted molar refractivity (Wildman–Crippen MR) is 121 cm³/mol. The second-order valence-electron chi connectivity index (χ2n) is 7.49. The van der Waals surface area contributed by atoms with Crippen LogP contribution in [-0.2, 0) is 21.4 Å². The quantitative estimate of drug-likeness (QED) is 0.621. The summed E-state index contributed by atoms with van der Waals surface area (Å²) in [5.41, 5.74) is 2.47. The standard InChI is InChI=1S/C24H24N2O5S/c1-17-7-9-18(10-8-17)15-25-24(27)23-16-26(21-5-3-4-6-22(21)31-23)32(28,29)20-13-11-19(30-2)12-14-20/h3-14,23H,15-16H2,1-2H3,(H,25,27)/t23-/m0/s1. The van der Waals surface area contributed by atoms with E-state index < -0.39 is 16.1 Å². The molecule has 8 heteroatoms. The summed E-state index contributed by atoms with van der Waals surface area (Å²) in [6.07, 6.45) is -0.983. The Morgan fingerprint density at radius 1 is 1.06 bits per heavy atom. The smallest absolute Gasteiger partial charge is 0.264 e. The summed E-state index contributed by atoms with van der Waals surface area (Å²) in [5, 5.41) is 2.84. The Bertz CT molecular complexity index is 1210. The minimum atomic E-state index is -3.92. The Kier molecular flexibility index (Phi) is 6.05. The minimum Gasteiger partial charge on any atom is -0.497 e. The van der Waals surface area contributed by atoms with Crippen molar-refractivity contribution in [2.45, 2.75) is 24.5 Å². The number of methoxy groups -OCH3 is 1. The Labute approximate surface area is 187 Å². The number of para-hydroxylation sites is 2. The lowest BCUT2D eigenvalue weighted by molar-refractivity contribution is -0.127. The van der Waals surface area contributed by atoms with Crippen molar-refractivity contribution < 1.29 is 22.7 Å². The van der Waals surface area contributed by atoms with Crippen molar-refractivity contribution in [2.75, 3.05) is 18.0 Å². The summed E-state index contributed by atoms with van der Waals surface area (Å²) < 4.78 is 39.1. The van der Waals surface area contributed by atoms with Crippen molar-refractivity contribution in [3.63, 3.8) is 0 Å². The highest BCUT2D eigenvalue weighted by Gasteiger charge is 2.37. The molecular formula is C24H24N2O5S. The number of benzene rings is 3. The van der Waals surface area contributed by atoms with Crippen LogP contribution in [0.15, 0.2) is 77.7 Å². The largest absolute Gasteiger partial charge is 0.497 e. The molecule has 1 amide bonds. The monoisotopic (exact) mass is 452 g/mol. The molecule has 166 valence electrons. The second-order valence-corrected chi connectivity index (χ2v) is 9.35. The van der Waals surface area contributed by atoms with Crippen LogP contribution in [0.25, 0.3) is 0 Å². The number of nitrogens with one attached hydrogen (secondary N) is 1. The van der Waals surface area contributed by atoms with E-state index in [0.717, 1.165) is 11.1 Å². The number of hydrogen-bond acceptors (Lipinski definition) is 5. The molecule has 7 nitrogen and oxygen atoms in total. The zero-order valence-corrected chi connectivity index (χ0v) is 18.6. The van der Waals surface area contributed by atoms with E-state index in [-0.39, 0.29) is 17.3 Å². The zero-order chi connectivity index (χ0) is 22.7. The number of nitrogens with zero attached hydrogens (tertiary/aromatic N) is 1. The lowest BCUT2D eigenvalue weighted by Crippen LogP contribution is -2.50. The van der Waals surface area contributed by atoms with Crippen LogP contribution in [0, 0.1) is 6.92 Å². The Morgan fingerprint density at radius 3 is 2.44 bits per heavy atom. The fraction of sp³-hybridized carbons (Fsp3) is 0.208. The van der Waals surface area contributed by atoms with Gasteiger partial charge in [0.1, 0.15) is 11.5 Å². The number of aryl methyl sites for hydroxylation is 1. The molecule has 1 heterocycles. The van der Waals surface area contributed by atoms with Crippen LogP contribution in [0.3, 0.4) is 0 Å². The number of rotatable bonds is 6. The van der Waals surface area contributed by atoms with Gasteiger partial charge in [-0.15, -0.1) is 0 Å². The average molecular weight is 453 g/mol. The lowest BCUT2D eigenvalue weighted by atomic mass is 10.1. The first-order valence-corrected chi connectivity index (χ1v) is 11.6. The summed E-state index contributed by atoms with van der Waals surface area (Å²) in [6, 6.07) is 20.8. The SMILES string of the molecule is COc1ccc(S(=O)(=O)N2C[C@@H](C(=O)NCc3ccc(C)cc3)Oc3ccccc32)cc1. The maximum Gasteiger partial charge on any atom is 0.264 e. The van der Waals surface area contributed by atoms with Crippen molar-refractivity contribution in [2.24, 2.45) is 0 Å². The third kappa shape index (κ3) is 4.40. The van der Waals surface area contributed by atoms with E-state index in [9.17, 15) is 13.2 Å². The summed E-state index contributed by atoms with van der Waals surface area (Å²) in [4.78, 5) is 13.0. The summed E-state index contributed by atoms with van der Waals surface area (Å²) in [5.74, 6) is 0.515. The fourth-order valence-electron chi connectivity index (χ4n) is 3.45. The molecular weight excluding hydrogens is 428 g/mol. The maximum absolute atomic E-state index is 13.4. The Hall–Kier alpha value is -3.52. The van der Waals surface area contributed by atoms with E-state index in [2.05, 4.69) is 5.32 Å². The molecule has 1 aliphatic rings. The summed E-state index contributed by atoms with van der Waals surface area (Å²) in [6.45, 7) is 2.18. The second kappa shape index (κ2) is 8.92. The van der Waals surface area contributed by atoms with Crippen LogP contribution >= 0.6 is 0 Å². The van der Waals surface area contributed by atoms with Gasteiger partial charge in [-0.25, -0.2) is 8.42 Å². The van der Waals surface area contributed by atoms with Gasteiger partial charge in [0.25, 0.3) is 15.9 Å². The number of sulfonamides is 1. The number of carbonyl (C=O) groups excluding carboxylic acids is 1. The van der Waals surface area contributed by atoms with Crippen molar-refractivity contribution in [3.8, 4) is 11.5 Å². The Balaban J connectivity index is 1.58.